The number of hydrogen-bond acceptors (Lipinski definition) is 4. The minimum absolute atomic E-state index is 0.632. The van der Waals surface area contributed by atoms with Crippen LogP contribution in [0.25, 0.3) is 88.4 Å². The molecule has 9 aromatic rings. The van der Waals surface area contributed by atoms with Crippen molar-refractivity contribution >= 4 is 54.3 Å². The van der Waals surface area contributed by atoms with Crippen LogP contribution >= 0.6 is 0 Å². The summed E-state index contributed by atoms with van der Waals surface area (Å²) in [7, 11) is 0. The van der Waals surface area contributed by atoms with Crippen molar-refractivity contribution in [2.75, 3.05) is 0 Å². The third-order valence-electron chi connectivity index (χ3n) is 8.29. The summed E-state index contributed by atoms with van der Waals surface area (Å²) in [5, 5.41) is 9.11. The summed E-state index contributed by atoms with van der Waals surface area (Å²) in [5.74, 6) is 1.93. The summed E-state index contributed by atoms with van der Waals surface area (Å²) >= 11 is 0. The van der Waals surface area contributed by atoms with Crippen molar-refractivity contribution in [2.45, 2.75) is 0 Å². The van der Waals surface area contributed by atoms with Crippen LogP contribution in [0, 0.1) is 0 Å². The largest absolute Gasteiger partial charge is 0.456 e. The Morgan fingerprint density at radius 3 is 1.88 bits per heavy atom. The van der Waals surface area contributed by atoms with E-state index in [-0.39, 0.29) is 0 Å². The molecule has 200 valence electrons. The molecule has 0 radical (unpaired) electrons. The molecule has 0 aliphatic carbocycles. The first kappa shape index (κ1) is 23.8. The monoisotopic (exact) mass is 549 g/mol. The van der Waals surface area contributed by atoms with Crippen LogP contribution in [0.5, 0.6) is 0 Å². The second-order valence-corrected chi connectivity index (χ2v) is 10.8. The summed E-state index contributed by atoms with van der Waals surface area (Å²) in [4.78, 5) is 15.2. The maximum absolute atomic E-state index is 6.19. The Labute approximate surface area is 246 Å². The van der Waals surface area contributed by atoms with Gasteiger partial charge in [-0.1, -0.05) is 115 Å². The van der Waals surface area contributed by atoms with Gasteiger partial charge in [-0.3, -0.25) is 0 Å². The zero-order chi connectivity index (χ0) is 28.3. The maximum atomic E-state index is 6.19. The highest BCUT2D eigenvalue weighted by Gasteiger charge is 2.17. The van der Waals surface area contributed by atoms with E-state index >= 15 is 0 Å². The first-order chi connectivity index (χ1) is 21.3. The first-order valence-electron chi connectivity index (χ1n) is 14.4. The van der Waals surface area contributed by atoms with E-state index in [4.69, 9.17) is 19.4 Å². The highest BCUT2D eigenvalue weighted by atomic mass is 16.3. The smallest absolute Gasteiger partial charge is 0.164 e. The fraction of sp³-hybridized carbons (Fsp3) is 0. The Hall–Kier alpha value is -5.87. The highest BCUT2D eigenvalue weighted by molar-refractivity contribution is 6.19. The second-order valence-electron chi connectivity index (χ2n) is 10.8. The van der Waals surface area contributed by atoms with Crippen LogP contribution in [0.4, 0.5) is 0 Å². The zero-order valence-electron chi connectivity index (χ0n) is 23.0. The lowest BCUT2D eigenvalue weighted by molar-refractivity contribution is 0.669. The van der Waals surface area contributed by atoms with E-state index in [1.165, 1.54) is 10.8 Å². The fourth-order valence-electron chi connectivity index (χ4n) is 6.26. The Bertz CT molecular complexity index is 2510. The Morgan fingerprint density at radius 1 is 0.372 bits per heavy atom. The number of para-hydroxylation sites is 1. The Morgan fingerprint density at radius 2 is 1.02 bits per heavy atom. The molecule has 9 rings (SSSR count). The molecule has 0 spiro atoms. The van der Waals surface area contributed by atoms with Gasteiger partial charge in [-0.05, 0) is 56.6 Å². The van der Waals surface area contributed by atoms with Crippen molar-refractivity contribution in [3.63, 3.8) is 0 Å². The van der Waals surface area contributed by atoms with E-state index in [1.54, 1.807) is 0 Å². The van der Waals surface area contributed by atoms with Crippen LogP contribution in [0.1, 0.15) is 0 Å². The normalized spacial score (nSPS) is 11.7. The van der Waals surface area contributed by atoms with Crippen LogP contribution in [-0.4, -0.2) is 15.0 Å². The lowest BCUT2D eigenvalue weighted by Gasteiger charge is -2.12. The van der Waals surface area contributed by atoms with Crippen molar-refractivity contribution in [1.82, 2.24) is 15.0 Å². The molecular weight excluding hydrogens is 526 g/mol. The lowest BCUT2D eigenvalue weighted by atomic mass is 9.96. The molecule has 0 saturated heterocycles. The quantitative estimate of drug-likeness (QED) is 0.206. The zero-order valence-corrected chi connectivity index (χ0v) is 23.0. The topological polar surface area (TPSA) is 51.8 Å². The molecule has 0 aliphatic rings. The van der Waals surface area contributed by atoms with Gasteiger partial charge in [-0.2, -0.15) is 0 Å². The van der Waals surface area contributed by atoms with Crippen molar-refractivity contribution in [1.29, 1.82) is 0 Å². The number of rotatable bonds is 3. The molecule has 43 heavy (non-hydrogen) atoms. The summed E-state index contributed by atoms with van der Waals surface area (Å²) in [5.41, 5.74) is 4.61. The number of aromatic nitrogens is 3. The summed E-state index contributed by atoms with van der Waals surface area (Å²) in [6.45, 7) is 0. The van der Waals surface area contributed by atoms with Gasteiger partial charge in [0.1, 0.15) is 11.2 Å². The standard InChI is InChI=1S/C39H23N3O/c1-2-10-25(11-3-1)37-40-38(27-19-18-24-20-21-35-36(32(24)23-27)31-16-8-9-17-34(31)43-35)42-39(41-37)33-22-26-12-4-5-13-28(26)29-14-6-7-15-30(29)33/h1-23H. The summed E-state index contributed by atoms with van der Waals surface area (Å²) in [6.07, 6.45) is 0. The van der Waals surface area contributed by atoms with Gasteiger partial charge in [0.25, 0.3) is 0 Å². The van der Waals surface area contributed by atoms with Crippen LogP contribution in [-0.2, 0) is 0 Å². The molecule has 2 heterocycles. The van der Waals surface area contributed by atoms with Crippen molar-refractivity contribution in [3.8, 4) is 34.2 Å². The minimum atomic E-state index is 0.632. The molecule has 0 atom stereocenters. The van der Waals surface area contributed by atoms with Crippen LogP contribution in [0.15, 0.2) is 144 Å². The van der Waals surface area contributed by atoms with E-state index in [2.05, 4.69) is 97.1 Å². The average molecular weight is 550 g/mol. The van der Waals surface area contributed by atoms with Crippen molar-refractivity contribution < 1.29 is 4.42 Å². The number of nitrogens with zero attached hydrogens (tertiary/aromatic N) is 3. The van der Waals surface area contributed by atoms with E-state index in [1.807, 2.05) is 42.5 Å². The van der Waals surface area contributed by atoms with Gasteiger partial charge >= 0.3 is 0 Å². The molecule has 7 aromatic carbocycles. The number of benzene rings is 7. The van der Waals surface area contributed by atoms with Crippen LogP contribution < -0.4 is 0 Å². The molecule has 0 amide bonds. The molecule has 4 nitrogen and oxygen atoms in total. The number of furan rings is 1. The molecule has 0 unspecified atom stereocenters. The Kier molecular flexibility index (Phi) is 5.16. The molecule has 0 saturated carbocycles. The number of fused-ring (bicyclic) bond motifs is 8. The SMILES string of the molecule is c1ccc(-c2nc(-c3ccc4ccc5oc6ccccc6c5c4c3)nc(-c3cc4ccccc4c4ccccc34)n2)cc1. The fourth-order valence-corrected chi connectivity index (χ4v) is 6.26. The molecule has 2 aromatic heterocycles. The predicted molar refractivity (Wildman–Crippen MR) is 176 cm³/mol. The van der Waals surface area contributed by atoms with Crippen LogP contribution in [0.2, 0.25) is 0 Å². The average Bonchev–Trinajstić information content (AvgIpc) is 3.47. The van der Waals surface area contributed by atoms with Crippen LogP contribution in [0.3, 0.4) is 0 Å². The molecule has 0 fully saturated rings. The third-order valence-corrected chi connectivity index (χ3v) is 8.29. The van der Waals surface area contributed by atoms with Gasteiger partial charge in [-0.25, -0.2) is 15.0 Å². The molecular formula is C39H23N3O. The summed E-state index contributed by atoms with van der Waals surface area (Å²) in [6, 6.07) is 48.1. The third kappa shape index (κ3) is 3.81. The van der Waals surface area contributed by atoms with Crippen molar-refractivity contribution in [3.05, 3.63) is 140 Å². The molecule has 4 heteroatoms. The molecule has 0 bridgehead atoms. The van der Waals surface area contributed by atoms with Gasteiger partial charge in [0.2, 0.25) is 0 Å². The molecule has 0 aliphatic heterocycles. The summed E-state index contributed by atoms with van der Waals surface area (Å²) < 4.78 is 6.19. The van der Waals surface area contributed by atoms with Gasteiger partial charge < -0.3 is 4.42 Å². The first-order valence-corrected chi connectivity index (χ1v) is 14.4. The second kappa shape index (κ2) is 9.33. The molecule has 0 N–H and O–H groups in total. The lowest BCUT2D eigenvalue weighted by Crippen LogP contribution is -2.00. The predicted octanol–water partition coefficient (Wildman–Crippen LogP) is 10.2. The van der Waals surface area contributed by atoms with Gasteiger partial charge in [0.05, 0.1) is 0 Å². The van der Waals surface area contributed by atoms with Gasteiger partial charge in [0, 0.05) is 27.5 Å². The van der Waals surface area contributed by atoms with Gasteiger partial charge in [-0.15, -0.1) is 0 Å². The van der Waals surface area contributed by atoms with Gasteiger partial charge in [0.15, 0.2) is 17.5 Å². The minimum Gasteiger partial charge on any atom is -0.456 e. The highest BCUT2D eigenvalue weighted by Crippen LogP contribution is 2.38. The Balaban J connectivity index is 1.33. The maximum Gasteiger partial charge on any atom is 0.164 e. The number of hydrogen-bond donors (Lipinski definition) is 0. The van der Waals surface area contributed by atoms with E-state index in [0.29, 0.717) is 17.5 Å². The van der Waals surface area contributed by atoms with E-state index in [9.17, 15) is 0 Å². The van der Waals surface area contributed by atoms with Crippen molar-refractivity contribution in [2.24, 2.45) is 0 Å². The van der Waals surface area contributed by atoms with E-state index < -0.39 is 0 Å². The van der Waals surface area contributed by atoms with E-state index in [0.717, 1.165) is 60.2 Å².